The van der Waals surface area contributed by atoms with Crippen LogP contribution in [0.25, 0.3) is 11.5 Å². The summed E-state index contributed by atoms with van der Waals surface area (Å²) in [5.74, 6) is 0.965. The molecule has 0 bridgehead atoms. The van der Waals surface area contributed by atoms with Crippen LogP contribution in [0.1, 0.15) is 29.1 Å². The lowest BCUT2D eigenvalue weighted by atomic mass is 10.1. The monoisotopic (exact) mass is 283 g/mol. The van der Waals surface area contributed by atoms with Crippen LogP contribution in [-0.4, -0.2) is 16.1 Å². The molecule has 3 aromatic rings. The third-order valence-corrected chi connectivity index (χ3v) is 3.07. The normalized spacial score (nSPS) is 12.0. The Morgan fingerprint density at radius 3 is 2.62 bits per heavy atom. The van der Waals surface area contributed by atoms with Crippen molar-refractivity contribution in [2.75, 3.05) is 0 Å². The number of carbonyl (C=O) groups excluding carboxylic acids is 1. The van der Waals surface area contributed by atoms with E-state index in [4.69, 9.17) is 8.83 Å². The molecule has 1 aromatic carbocycles. The number of hydrogen-bond acceptors (Lipinski definition) is 5. The molecule has 1 N–H and O–H groups in total. The van der Waals surface area contributed by atoms with Gasteiger partial charge in [-0.1, -0.05) is 0 Å². The second kappa shape index (κ2) is 5.62. The number of benzene rings is 1. The van der Waals surface area contributed by atoms with Crippen molar-refractivity contribution in [3.8, 4) is 11.5 Å². The fourth-order valence-corrected chi connectivity index (χ4v) is 1.95. The number of nitrogens with one attached hydrogen (secondary N) is 1. The van der Waals surface area contributed by atoms with Crippen LogP contribution < -0.4 is 5.32 Å². The highest BCUT2D eigenvalue weighted by atomic mass is 16.4. The lowest BCUT2D eigenvalue weighted by molar-refractivity contribution is 0.0935. The van der Waals surface area contributed by atoms with Crippen molar-refractivity contribution in [1.82, 2.24) is 15.5 Å². The van der Waals surface area contributed by atoms with E-state index in [1.807, 2.05) is 13.0 Å². The van der Waals surface area contributed by atoms with Gasteiger partial charge in [-0.05, 0) is 43.3 Å². The molecule has 21 heavy (non-hydrogen) atoms. The number of rotatable bonds is 4. The molecule has 6 nitrogen and oxygen atoms in total. The van der Waals surface area contributed by atoms with Crippen LogP contribution in [-0.2, 0) is 0 Å². The van der Waals surface area contributed by atoms with E-state index in [-0.39, 0.29) is 11.9 Å². The van der Waals surface area contributed by atoms with Gasteiger partial charge in [-0.2, -0.15) is 0 Å². The summed E-state index contributed by atoms with van der Waals surface area (Å²) in [6, 6.07) is 10.4. The number of nitrogens with zero attached hydrogens (tertiary/aromatic N) is 2. The van der Waals surface area contributed by atoms with Crippen molar-refractivity contribution in [2.45, 2.75) is 13.0 Å². The first kappa shape index (κ1) is 13.1. The number of aromatic nitrogens is 2. The molecule has 1 atom stereocenters. The summed E-state index contributed by atoms with van der Waals surface area (Å²) in [5.41, 5.74) is 1.32. The molecule has 0 unspecified atom stereocenters. The molecule has 0 aliphatic carbocycles. The average molecular weight is 283 g/mol. The molecular formula is C15H13N3O3. The molecule has 2 heterocycles. The van der Waals surface area contributed by atoms with Crippen molar-refractivity contribution in [3.63, 3.8) is 0 Å². The van der Waals surface area contributed by atoms with Gasteiger partial charge in [0, 0.05) is 11.1 Å². The highest BCUT2D eigenvalue weighted by Crippen LogP contribution is 2.18. The topological polar surface area (TPSA) is 81.2 Å². The van der Waals surface area contributed by atoms with E-state index in [0.717, 1.165) is 5.56 Å². The van der Waals surface area contributed by atoms with Gasteiger partial charge in [0.15, 0.2) is 0 Å². The fraction of sp³-hybridized carbons (Fsp3) is 0.133. The SMILES string of the molecule is C[C@@H](NC(=O)c1ccc(-c2nnco2)cc1)c1ccco1. The Balaban J connectivity index is 1.70. The second-order valence-electron chi connectivity index (χ2n) is 4.53. The summed E-state index contributed by atoms with van der Waals surface area (Å²) in [6.07, 6.45) is 2.85. The van der Waals surface area contributed by atoms with Gasteiger partial charge < -0.3 is 14.2 Å². The van der Waals surface area contributed by atoms with Gasteiger partial charge in [-0.3, -0.25) is 4.79 Å². The van der Waals surface area contributed by atoms with E-state index in [1.165, 1.54) is 6.39 Å². The van der Waals surface area contributed by atoms with E-state index in [9.17, 15) is 4.79 Å². The highest BCUT2D eigenvalue weighted by molar-refractivity contribution is 5.94. The molecule has 2 aromatic heterocycles. The number of hydrogen-bond donors (Lipinski definition) is 1. The van der Waals surface area contributed by atoms with Crippen LogP contribution in [0.15, 0.2) is 57.9 Å². The molecule has 0 aliphatic heterocycles. The molecule has 0 fully saturated rings. The molecular weight excluding hydrogens is 270 g/mol. The van der Waals surface area contributed by atoms with Crippen molar-refractivity contribution in [3.05, 3.63) is 60.4 Å². The third kappa shape index (κ3) is 2.84. The summed E-state index contributed by atoms with van der Waals surface area (Å²) >= 11 is 0. The van der Waals surface area contributed by atoms with Crippen LogP contribution in [0.2, 0.25) is 0 Å². The average Bonchev–Trinajstić information content (AvgIpc) is 3.20. The Bertz CT molecular complexity index is 703. The van der Waals surface area contributed by atoms with Crippen molar-refractivity contribution in [1.29, 1.82) is 0 Å². The number of amides is 1. The maximum Gasteiger partial charge on any atom is 0.251 e. The smallest absolute Gasteiger partial charge is 0.251 e. The first-order chi connectivity index (χ1) is 10.2. The quantitative estimate of drug-likeness (QED) is 0.796. The van der Waals surface area contributed by atoms with Gasteiger partial charge in [0.25, 0.3) is 5.91 Å². The van der Waals surface area contributed by atoms with Crippen LogP contribution in [0, 0.1) is 0 Å². The molecule has 1 amide bonds. The van der Waals surface area contributed by atoms with Crippen LogP contribution in [0.3, 0.4) is 0 Å². The predicted octanol–water partition coefficient (Wildman–Crippen LogP) is 2.82. The Kier molecular flexibility index (Phi) is 3.51. The summed E-state index contributed by atoms with van der Waals surface area (Å²) in [4.78, 5) is 12.1. The highest BCUT2D eigenvalue weighted by Gasteiger charge is 2.13. The van der Waals surface area contributed by atoms with E-state index in [1.54, 1.807) is 36.6 Å². The van der Waals surface area contributed by atoms with Crippen LogP contribution in [0.4, 0.5) is 0 Å². The van der Waals surface area contributed by atoms with Gasteiger partial charge in [0.05, 0.1) is 12.3 Å². The Labute approximate surface area is 120 Å². The van der Waals surface area contributed by atoms with E-state index >= 15 is 0 Å². The van der Waals surface area contributed by atoms with Crippen LogP contribution in [0.5, 0.6) is 0 Å². The van der Waals surface area contributed by atoms with Gasteiger partial charge in [-0.25, -0.2) is 0 Å². The third-order valence-electron chi connectivity index (χ3n) is 3.07. The zero-order chi connectivity index (χ0) is 14.7. The molecule has 6 heteroatoms. The predicted molar refractivity (Wildman–Crippen MR) is 74.3 cm³/mol. The number of carbonyl (C=O) groups is 1. The Morgan fingerprint density at radius 2 is 2.00 bits per heavy atom. The maximum absolute atomic E-state index is 12.1. The van der Waals surface area contributed by atoms with Crippen LogP contribution >= 0.6 is 0 Å². The second-order valence-corrected chi connectivity index (χ2v) is 4.53. The minimum absolute atomic E-state index is 0.170. The van der Waals surface area contributed by atoms with Crippen molar-refractivity contribution < 1.29 is 13.6 Å². The van der Waals surface area contributed by atoms with E-state index in [0.29, 0.717) is 17.2 Å². The van der Waals surface area contributed by atoms with Gasteiger partial charge >= 0.3 is 0 Å². The molecule has 0 spiro atoms. The first-order valence-corrected chi connectivity index (χ1v) is 6.45. The molecule has 0 saturated carbocycles. The molecule has 0 saturated heterocycles. The summed E-state index contributed by atoms with van der Waals surface area (Å²) in [5, 5.41) is 10.3. The van der Waals surface area contributed by atoms with E-state index < -0.39 is 0 Å². The minimum Gasteiger partial charge on any atom is -0.467 e. The Hall–Kier alpha value is -2.89. The molecule has 0 aliphatic rings. The molecule has 3 rings (SSSR count). The number of furan rings is 1. The van der Waals surface area contributed by atoms with Crippen molar-refractivity contribution >= 4 is 5.91 Å². The largest absolute Gasteiger partial charge is 0.467 e. The standard InChI is InChI=1S/C15H13N3O3/c1-10(13-3-2-8-20-13)17-14(19)11-4-6-12(7-5-11)15-18-16-9-21-15/h2-10H,1H3,(H,17,19)/t10-/m1/s1. The lowest BCUT2D eigenvalue weighted by Crippen LogP contribution is -2.26. The fourth-order valence-electron chi connectivity index (χ4n) is 1.95. The van der Waals surface area contributed by atoms with Gasteiger partial charge in [0.1, 0.15) is 5.76 Å². The summed E-state index contributed by atoms with van der Waals surface area (Å²) < 4.78 is 10.4. The summed E-state index contributed by atoms with van der Waals surface area (Å²) in [6.45, 7) is 1.86. The molecule has 0 radical (unpaired) electrons. The molecule has 106 valence electrons. The van der Waals surface area contributed by atoms with Gasteiger partial charge in [0.2, 0.25) is 12.3 Å². The zero-order valence-corrected chi connectivity index (χ0v) is 11.3. The van der Waals surface area contributed by atoms with Crippen molar-refractivity contribution in [2.24, 2.45) is 0 Å². The first-order valence-electron chi connectivity index (χ1n) is 6.45. The Morgan fingerprint density at radius 1 is 1.19 bits per heavy atom. The summed E-state index contributed by atoms with van der Waals surface area (Å²) in [7, 11) is 0. The zero-order valence-electron chi connectivity index (χ0n) is 11.3. The van der Waals surface area contributed by atoms with E-state index in [2.05, 4.69) is 15.5 Å². The maximum atomic E-state index is 12.1. The lowest BCUT2D eigenvalue weighted by Gasteiger charge is -2.11. The van der Waals surface area contributed by atoms with Gasteiger partial charge in [-0.15, -0.1) is 10.2 Å². The minimum atomic E-state index is -0.192.